The molecule has 0 bridgehead atoms. The van der Waals surface area contributed by atoms with Gasteiger partial charge in [-0.3, -0.25) is 4.79 Å². The predicted octanol–water partition coefficient (Wildman–Crippen LogP) is 1.90. The van der Waals surface area contributed by atoms with Crippen molar-refractivity contribution >= 4 is 27.6 Å². The molecule has 0 aliphatic carbocycles. The second-order valence-corrected chi connectivity index (χ2v) is 6.48. The molecule has 0 fully saturated rings. The highest BCUT2D eigenvalue weighted by Crippen LogP contribution is 2.21. The topological polar surface area (TPSA) is 89.3 Å². The molecule has 1 unspecified atom stereocenters. The summed E-state index contributed by atoms with van der Waals surface area (Å²) in [6.07, 6.45) is 0.451. The van der Waals surface area contributed by atoms with Crippen LogP contribution in [0.25, 0.3) is 0 Å². The zero-order valence-electron chi connectivity index (χ0n) is 10.3. The van der Waals surface area contributed by atoms with Crippen molar-refractivity contribution in [2.45, 2.75) is 25.0 Å². The molecule has 0 saturated heterocycles. The van der Waals surface area contributed by atoms with Crippen molar-refractivity contribution < 1.29 is 17.6 Å². The number of aromatic nitrogens is 1. The van der Waals surface area contributed by atoms with Crippen LogP contribution in [-0.2, 0) is 10.0 Å². The number of hydrogen-bond acceptors (Lipinski definition) is 6. The summed E-state index contributed by atoms with van der Waals surface area (Å²) in [7, 11) is -3.80. The number of aldehydes is 1. The van der Waals surface area contributed by atoms with Gasteiger partial charge >= 0.3 is 0 Å². The Labute approximate surface area is 114 Å². The van der Waals surface area contributed by atoms with Crippen LogP contribution in [0.4, 0.5) is 0 Å². The zero-order chi connectivity index (χ0) is 14.0. The first-order valence-corrected chi connectivity index (χ1v) is 7.78. The van der Waals surface area contributed by atoms with Gasteiger partial charge in [-0.05, 0) is 26.0 Å². The number of sulfonamides is 1. The van der Waals surface area contributed by atoms with E-state index in [2.05, 4.69) is 9.71 Å². The molecule has 0 aliphatic heterocycles. The molecule has 19 heavy (non-hydrogen) atoms. The van der Waals surface area contributed by atoms with Crippen molar-refractivity contribution in [3.63, 3.8) is 0 Å². The molecular weight excluding hydrogens is 288 g/mol. The van der Waals surface area contributed by atoms with Gasteiger partial charge in [0, 0.05) is 11.1 Å². The minimum absolute atomic E-state index is 0.0295. The zero-order valence-corrected chi connectivity index (χ0v) is 11.9. The molecular formula is C11H12N2O4S2. The lowest BCUT2D eigenvalue weighted by Gasteiger charge is -2.09. The fourth-order valence-electron chi connectivity index (χ4n) is 1.45. The Hall–Kier alpha value is -1.51. The highest BCUT2D eigenvalue weighted by atomic mass is 32.2. The molecule has 2 aromatic heterocycles. The summed E-state index contributed by atoms with van der Waals surface area (Å²) in [5.41, 5.74) is 0.840. The number of nitrogens with one attached hydrogen (secondary N) is 1. The standard InChI is InChI=1S/C11H12N2O4S2/c1-7-6-18-11(12-7)8(2)13-19(15,16)10-4-3-9(5-14)17-10/h3-6,8,13H,1-2H3. The summed E-state index contributed by atoms with van der Waals surface area (Å²) in [4.78, 5) is 14.7. The smallest absolute Gasteiger partial charge is 0.274 e. The first-order chi connectivity index (χ1) is 8.92. The minimum Gasteiger partial charge on any atom is -0.440 e. The molecule has 0 aliphatic rings. The average Bonchev–Trinajstić information content (AvgIpc) is 2.96. The third-order valence-corrected chi connectivity index (χ3v) is 4.88. The third kappa shape index (κ3) is 3.09. The lowest BCUT2D eigenvalue weighted by molar-refractivity contribution is 0.109. The molecule has 2 aromatic rings. The van der Waals surface area contributed by atoms with E-state index in [0.29, 0.717) is 11.3 Å². The van der Waals surface area contributed by atoms with E-state index in [4.69, 9.17) is 4.42 Å². The lowest BCUT2D eigenvalue weighted by Crippen LogP contribution is -2.26. The minimum atomic E-state index is -3.80. The largest absolute Gasteiger partial charge is 0.440 e. The first-order valence-electron chi connectivity index (χ1n) is 5.42. The van der Waals surface area contributed by atoms with E-state index in [9.17, 15) is 13.2 Å². The normalized spacial score (nSPS) is 13.4. The van der Waals surface area contributed by atoms with Gasteiger partial charge in [0.15, 0.2) is 12.0 Å². The van der Waals surface area contributed by atoms with Crippen LogP contribution < -0.4 is 4.72 Å². The maximum atomic E-state index is 12.0. The molecule has 0 saturated carbocycles. The molecule has 1 N–H and O–H groups in total. The Morgan fingerprint density at radius 1 is 1.47 bits per heavy atom. The first kappa shape index (κ1) is 13.9. The van der Waals surface area contributed by atoms with Crippen molar-refractivity contribution in [2.24, 2.45) is 0 Å². The summed E-state index contributed by atoms with van der Waals surface area (Å²) in [6.45, 7) is 3.53. The van der Waals surface area contributed by atoms with Crippen LogP contribution in [0.1, 0.15) is 34.2 Å². The molecule has 8 heteroatoms. The van der Waals surface area contributed by atoms with Gasteiger partial charge in [0.25, 0.3) is 10.0 Å². The maximum Gasteiger partial charge on any atom is 0.274 e. The van der Waals surface area contributed by atoms with Gasteiger partial charge < -0.3 is 4.42 Å². The summed E-state index contributed by atoms with van der Waals surface area (Å²) in [5.74, 6) is -0.0295. The Morgan fingerprint density at radius 3 is 2.74 bits per heavy atom. The monoisotopic (exact) mass is 300 g/mol. The Morgan fingerprint density at radius 2 is 2.21 bits per heavy atom. The van der Waals surface area contributed by atoms with Crippen LogP contribution in [0.3, 0.4) is 0 Å². The number of aryl methyl sites for hydroxylation is 1. The average molecular weight is 300 g/mol. The summed E-state index contributed by atoms with van der Waals surface area (Å²) < 4.78 is 31.4. The van der Waals surface area contributed by atoms with Crippen LogP contribution in [0, 0.1) is 6.92 Å². The number of hydrogen-bond donors (Lipinski definition) is 1. The Kier molecular flexibility index (Phi) is 3.83. The highest BCUT2D eigenvalue weighted by Gasteiger charge is 2.23. The second-order valence-electron chi connectivity index (χ2n) is 3.94. The van der Waals surface area contributed by atoms with Gasteiger partial charge in [-0.25, -0.2) is 13.4 Å². The van der Waals surface area contributed by atoms with Gasteiger partial charge in [0.05, 0.1) is 6.04 Å². The molecule has 0 aromatic carbocycles. The molecule has 2 heterocycles. The molecule has 0 radical (unpaired) electrons. The number of thiazole rings is 1. The van der Waals surface area contributed by atoms with Crippen LogP contribution in [-0.4, -0.2) is 19.7 Å². The SMILES string of the molecule is Cc1csc(C(C)NS(=O)(=O)c2ccc(C=O)o2)n1. The van der Waals surface area contributed by atoms with Crippen molar-refractivity contribution in [3.05, 3.63) is 34.0 Å². The molecule has 102 valence electrons. The van der Waals surface area contributed by atoms with E-state index in [1.165, 1.54) is 23.5 Å². The number of carbonyl (C=O) groups is 1. The Bertz CT molecular complexity index is 687. The van der Waals surface area contributed by atoms with E-state index in [1.54, 1.807) is 6.92 Å². The fourth-order valence-corrected chi connectivity index (χ4v) is 3.48. The summed E-state index contributed by atoms with van der Waals surface area (Å²) in [5, 5.41) is 2.23. The number of nitrogens with zero attached hydrogens (tertiary/aromatic N) is 1. The highest BCUT2D eigenvalue weighted by molar-refractivity contribution is 7.89. The molecule has 6 nitrogen and oxygen atoms in total. The van der Waals surface area contributed by atoms with Crippen molar-refractivity contribution in [1.82, 2.24) is 9.71 Å². The van der Waals surface area contributed by atoms with Gasteiger partial charge in [-0.15, -0.1) is 11.3 Å². The summed E-state index contributed by atoms with van der Waals surface area (Å²) in [6, 6.07) is 2.08. The number of carbonyl (C=O) groups excluding carboxylic acids is 1. The number of rotatable bonds is 5. The van der Waals surface area contributed by atoms with Gasteiger partial charge in [0.2, 0.25) is 5.09 Å². The molecule has 2 rings (SSSR count). The predicted molar refractivity (Wildman–Crippen MR) is 69.7 cm³/mol. The van der Waals surface area contributed by atoms with E-state index in [0.717, 1.165) is 5.69 Å². The summed E-state index contributed by atoms with van der Waals surface area (Å²) >= 11 is 1.38. The van der Waals surface area contributed by atoms with E-state index in [1.807, 2.05) is 12.3 Å². The maximum absolute atomic E-state index is 12.0. The number of furan rings is 1. The van der Waals surface area contributed by atoms with Crippen molar-refractivity contribution in [2.75, 3.05) is 0 Å². The van der Waals surface area contributed by atoms with Crippen molar-refractivity contribution in [1.29, 1.82) is 0 Å². The second kappa shape index (κ2) is 5.24. The molecule has 0 spiro atoms. The van der Waals surface area contributed by atoms with Gasteiger partial charge in [-0.1, -0.05) is 0 Å². The van der Waals surface area contributed by atoms with Crippen LogP contribution in [0.5, 0.6) is 0 Å². The van der Waals surface area contributed by atoms with E-state index >= 15 is 0 Å². The van der Waals surface area contributed by atoms with Crippen molar-refractivity contribution in [3.8, 4) is 0 Å². The third-order valence-electron chi connectivity index (χ3n) is 2.32. The van der Waals surface area contributed by atoms with Crippen LogP contribution in [0.2, 0.25) is 0 Å². The molecule has 1 atom stereocenters. The van der Waals surface area contributed by atoms with E-state index in [-0.39, 0.29) is 10.9 Å². The van der Waals surface area contributed by atoms with Gasteiger partial charge in [0.1, 0.15) is 5.01 Å². The quantitative estimate of drug-likeness (QED) is 0.852. The fraction of sp³-hybridized carbons (Fsp3) is 0.273. The lowest BCUT2D eigenvalue weighted by atomic mass is 10.4. The molecule has 0 amide bonds. The Balaban J connectivity index is 2.19. The van der Waals surface area contributed by atoms with Crippen LogP contribution >= 0.6 is 11.3 Å². The van der Waals surface area contributed by atoms with E-state index < -0.39 is 16.1 Å². The van der Waals surface area contributed by atoms with Crippen LogP contribution in [0.15, 0.2) is 27.0 Å². The van der Waals surface area contributed by atoms with Gasteiger partial charge in [-0.2, -0.15) is 4.72 Å².